The number of ether oxygens (including phenoxy) is 2. The molecule has 10 nitrogen and oxygen atoms in total. The van der Waals surface area contributed by atoms with Crippen LogP contribution in [0.25, 0.3) is 0 Å². The molecular formula is C30H30N4O6S2. The maximum Gasteiger partial charge on any atom is 0.408 e. The third-order valence-electron chi connectivity index (χ3n) is 6.49. The van der Waals surface area contributed by atoms with Crippen molar-refractivity contribution < 1.29 is 28.7 Å². The summed E-state index contributed by atoms with van der Waals surface area (Å²) in [6.07, 6.45) is 1.70. The van der Waals surface area contributed by atoms with Crippen LogP contribution in [-0.4, -0.2) is 55.9 Å². The Kier molecular flexibility index (Phi) is 8.64. The number of fused-ring (bicyclic) bond motifs is 1. The third-order valence-corrected chi connectivity index (χ3v) is 8.28. The summed E-state index contributed by atoms with van der Waals surface area (Å²) < 4.78 is 15.3. The van der Waals surface area contributed by atoms with Crippen molar-refractivity contribution in [3.05, 3.63) is 101 Å². The number of nitrogens with zero attached hydrogens (tertiary/aromatic N) is 2. The maximum atomic E-state index is 13.5. The van der Waals surface area contributed by atoms with E-state index in [9.17, 15) is 19.2 Å². The van der Waals surface area contributed by atoms with E-state index in [1.54, 1.807) is 32.2 Å². The molecular weight excluding hydrogens is 576 g/mol. The molecule has 1 saturated heterocycles. The SMILES string of the molecule is CC(C)(C)OC(=O)NC(C(=O)N[C@@H]1C(=O)N2C(C(=O)OC(c3ccccc3)c3ccccc3)=CCS[C@@H]12)c1cnsc1. The number of hydrogen-bond donors (Lipinski definition) is 2. The van der Waals surface area contributed by atoms with Gasteiger partial charge in [0.15, 0.2) is 6.10 Å². The number of carbonyl (C=O) groups excluding carboxylic acids is 4. The lowest BCUT2D eigenvalue weighted by atomic mass is 10.0. The Labute approximate surface area is 251 Å². The molecule has 3 heterocycles. The Hall–Kier alpha value is -4.16. The monoisotopic (exact) mass is 606 g/mol. The van der Waals surface area contributed by atoms with E-state index in [1.807, 2.05) is 60.7 Å². The number of rotatable bonds is 8. The summed E-state index contributed by atoms with van der Waals surface area (Å²) >= 11 is 2.54. The Balaban J connectivity index is 1.29. The number of nitrogens with one attached hydrogen (secondary N) is 2. The van der Waals surface area contributed by atoms with Crippen molar-refractivity contribution in [1.82, 2.24) is 19.9 Å². The minimum Gasteiger partial charge on any atom is -0.448 e. The lowest BCUT2D eigenvalue weighted by molar-refractivity contribution is -0.154. The molecule has 1 aromatic heterocycles. The Bertz CT molecular complexity index is 1430. The van der Waals surface area contributed by atoms with Crippen LogP contribution < -0.4 is 10.6 Å². The number of thioether (sulfide) groups is 1. The molecule has 0 saturated carbocycles. The van der Waals surface area contributed by atoms with Gasteiger partial charge in [-0.2, -0.15) is 0 Å². The van der Waals surface area contributed by atoms with Crippen LogP contribution in [0.3, 0.4) is 0 Å². The number of benzene rings is 2. The van der Waals surface area contributed by atoms with Gasteiger partial charge in [0.05, 0.1) is 0 Å². The first kappa shape index (κ1) is 29.3. The van der Waals surface area contributed by atoms with Crippen molar-refractivity contribution in [2.45, 2.75) is 49.9 Å². The standard InChI is InChI=1S/C30H30N4O6S2/c1-30(2,3)40-29(38)33-22(20-16-31-42-17-20)25(35)32-23-26(36)34-21(14-15-41-27(23)34)28(37)39-24(18-10-6-4-7-11-18)19-12-8-5-9-13-19/h4-14,16-17,22-24,27H,15H2,1-3H3,(H,32,35)(H,33,38)/t22?,23-,27+/m1/s1. The first-order valence-electron chi connectivity index (χ1n) is 13.3. The molecule has 42 heavy (non-hydrogen) atoms. The van der Waals surface area contributed by atoms with Crippen molar-refractivity contribution in [3.8, 4) is 0 Å². The van der Waals surface area contributed by atoms with E-state index < -0.39 is 53.0 Å². The lowest BCUT2D eigenvalue weighted by Gasteiger charge is -2.48. The molecule has 2 aliphatic rings. The van der Waals surface area contributed by atoms with Crippen LogP contribution in [0.1, 0.15) is 49.6 Å². The van der Waals surface area contributed by atoms with Gasteiger partial charge in [-0.05, 0) is 49.5 Å². The zero-order valence-corrected chi connectivity index (χ0v) is 24.8. The summed E-state index contributed by atoms with van der Waals surface area (Å²) in [5, 5.41) is 6.45. The Morgan fingerprint density at radius 2 is 1.64 bits per heavy atom. The minimum atomic E-state index is -1.12. The summed E-state index contributed by atoms with van der Waals surface area (Å²) in [6, 6.07) is 16.7. The Morgan fingerprint density at radius 3 is 2.21 bits per heavy atom. The topological polar surface area (TPSA) is 127 Å². The number of carbonyl (C=O) groups is 4. The quantitative estimate of drug-likeness (QED) is 0.287. The number of amides is 3. The van der Waals surface area contributed by atoms with Gasteiger partial charge in [0, 0.05) is 22.9 Å². The largest absolute Gasteiger partial charge is 0.448 e. The van der Waals surface area contributed by atoms with Crippen molar-refractivity contribution in [1.29, 1.82) is 0 Å². The van der Waals surface area contributed by atoms with Gasteiger partial charge in [0.1, 0.15) is 28.8 Å². The Morgan fingerprint density at radius 1 is 1.00 bits per heavy atom. The highest BCUT2D eigenvalue weighted by molar-refractivity contribution is 8.00. The van der Waals surface area contributed by atoms with Gasteiger partial charge in [0.2, 0.25) is 5.91 Å². The van der Waals surface area contributed by atoms with Crippen LogP contribution >= 0.6 is 23.3 Å². The number of β-lactam (4-membered cyclic amide) rings is 1. The molecule has 0 spiro atoms. The lowest BCUT2D eigenvalue weighted by Crippen LogP contribution is -2.70. The molecule has 2 N–H and O–H groups in total. The van der Waals surface area contributed by atoms with Crippen molar-refractivity contribution >= 4 is 47.2 Å². The predicted molar refractivity (Wildman–Crippen MR) is 158 cm³/mol. The van der Waals surface area contributed by atoms with E-state index >= 15 is 0 Å². The highest BCUT2D eigenvalue weighted by Gasteiger charge is 2.53. The zero-order chi connectivity index (χ0) is 29.9. The number of esters is 1. The highest BCUT2D eigenvalue weighted by atomic mass is 32.2. The summed E-state index contributed by atoms with van der Waals surface area (Å²) in [5.74, 6) is -1.23. The van der Waals surface area contributed by atoms with Crippen LogP contribution in [0.2, 0.25) is 0 Å². The van der Waals surface area contributed by atoms with Gasteiger partial charge < -0.3 is 20.1 Å². The molecule has 3 aromatic rings. The van der Waals surface area contributed by atoms with Crippen LogP contribution in [0.5, 0.6) is 0 Å². The molecule has 2 aliphatic heterocycles. The summed E-state index contributed by atoms with van der Waals surface area (Å²) in [5.41, 5.74) is 1.42. The fraction of sp³-hybridized carbons (Fsp3) is 0.300. The molecule has 3 atom stereocenters. The van der Waals surface area contributed by atoms with Crippen LogP contribution in [0.15, 0.2) is 84.0 Å². The van der Waals surface area contributed by atoms with E-state index in [1.165, 1.54) is 22.9 Å². The average Bonchev–Trinajstić information content (AvgIpc) is 3.51. The molecule has 2 aromatic carbocycles. The zero-order valence-electron chi connectivity index (χ0n) is 23.2. The fourth-order valence-electron chi connectivity index (χ4n) is 4.60. The average molecular weight is 607 g/mol. The van der Waals surface area contributed by atoms with Crippen LogP contribution in [0.4, 0.5) is 4.79 Å². The first-order valence-corrected chi connectivity index (χ1v) is 15.2. The maximum absolute atomic E-state index is 13.5. The number of alkyl carbamates (subject to hydrolysis) is 1. The van der Waals surface area contributed by atoms with E-state index in [0.717, 1.165) is 22.7 Å². The van der Waals surface area contributed by atoms with E-state index in [2.05, 4.69) is 15.0 Å². The molecule has 218 valence electrons. The van der Waals surface area contributed by atoms with Gasteiger partial charge in [-0.3, -0.25) is 14.5 Å². The molecule has 12 heteroatoms. The second-order valence-electron chi connectivity index (χ2n) is 10.7. The summed E-state index contributed by atoms with van der Waals surface area (Å²) in [4.78, 5) is 54.0. The second kappa shape index (κ2) is 12.4. The van der Waals surface area contributed by atoms with Gasteiger partial charge in [-0.1, -0.05) is 60.7 Å². The third kappa shape index (κ3) is 6.50. The van der Waals surface area contributed by atoms with E-state index in [0.29, 0.717) is 11.3 Å². The van der Waals surface area contributed by atoms with Gasteiger partial charge in [0.25, 0.3) is 5.91 Å². The molecule has 0 radical (unpaired) electrons. The highest BCUT2D eigenvalue weighted by Crippen LogP contribution is 2.39. The molecule has 5 rings (SSSR count). The summed E-state index contributed by atoms with van der Waals surface area (Å²) in [7, 11) is 0. The first-order chi connectivity index (χ1) is 20.1. The van der Waals surface area contributed by atoms with E-state index in [4.69, 9.17) is 9.47 Å². The molecule has 3 amide bonds. The van der Waals surface area contributed by atoms with Crippen molar-refractivity contribution in [2.75, 3.05) is 5.75 Å². The van der Waals surface area contributed by atoms with Gasteiger partial charge >= 0.3 is 12.1 Å². The minimum absolute atomic E-state index is 0.136. The van der Waals surface area contributed by atoms with E-state index in [-0.39, 0.29) is 5.70 Å². The molecule has 0 aliphatic carbocycles. The molecule has 1 unspecified atom stereocenters. The number of aromatic nitrogens is 1. The van der Waals surface area contributed by atoms with Gasteiger partial charge in [-0.15, -0.1) is 11.8 Å². The van der Waals surface area contributed by atoms with Crippen molar-refractivity contribution in [2.24, 2.45) is 0 Å². The van der Waals surface area contributed by atoms with Crippen LogP contribution in [-0.2, 0) is 23.9 Å². The fourth-order valence-corrected chi connectivity index (χ4v) is 6.36. The normalized spacial score (nSPS) is 18.7. The summed E-state index contributed by atoms with van der Waals surface area (Å²) in [6.45, 7) is 5.15. The number of hydrogen-bond acceptors (Lipinski definition) is 9. The second-order valence-corrected chi connectivity index (χ2v) is 12.5. The predicted octanol–water partition coefficient (Wildman–Crippen LogP) is 4.33. The molecule has 0 bridgehead atoms. The smallest absolute Gasteiger partial charge is 0.408 e. The van der Waals surface area contributed by atoms with Crippen molar-refractivity contribution in [3.63, 3.8) is 0 Å². The van der Waals surface area contributed by atoms with Gasteiger partial charge in [-0.25, -0.2) is 14.0 Å². The van der Waals surface area contributed by atoms with Crippen LogP contribution in [0, 0.1) is 0 Å². The molecule has 1 fully saturated rings.